The number of likely N-dealkylation sites (tertiary alicyclic amines) is 1. The van der Waals surface area contributed by atoms with Crippen LogP contribution in [0.4, 0.5) is 0 Å². The number of fused-ring (bicyclic) bond motifs is 1. The molecule has 3 rings (SSSR count). The van der Waals surface area contributed by atoms with Crippen molar-refractivity contribution >= 4 is 29.1 Å². The van der Waals surface area contributed by atoms with E-state index in [2.05, 4.69) is 30.3 Å². The molecular formula is C18H23ClN2O. The lowest BCUT2D eigenvalue weighted by molar-refractivity contribution is -0.131. The van der Waals surface area contributed by atoms with Gasteiger partial charge in [0.25, 0.3) is 0 Å². The zero-order chi connectivity index (χ0) is 14.8. The summed E-state index contributed by atoms with van der Waals surface area (Å²) in [5.74, 6) is 0.602. The van der Waals surface area contributed by atoms with Crippen LogP contribution in [0.2, 0.25) is 0 Å². The van der Waals surface area contributed by atoms with Gasteiger partial charge >= 0.3 is 0 Å². The first-order valence-corrected chi connectivity index (χ1v) is 7.66. The Morgan fingerprint density at radius 1 is 1.27 bits per heavy atom. The van der Waals surface area contributed by atoms with E-state index < -0.39 is 0 Å². The van der Waals surface area contributed by atoms with Gasteiger partial charge in [0, 0.05) is 13.1 Å². The van der Waals surface area contributed by atoms with Gasteiger partial charge in [-0.25, -0.2) is 0 Å². The fourth-order valence-electron chi connectivity index (χ4n) is 3.12. The second kappa shape index (κ2) is 7.12. The third kappa shape index (κ3) is 3.26. The molecule has 0 radical (unpaired) electrons. The molecule has 4 heteroatoms. The van der Waals surface area contributed by atoms with Gasteiger partial charge in [0.05, 0.1) is 5.92 Å². The SMILES string of the molecule is CC(C(=O)N1CCC(CN)C1)c1ccc2ccccc2c1.Cl. The largest absolute Gasteiger partial charge is 0.342 e. The molecule has 1 amide bonds. The van der Waals surface area contributed by atoms with E-state index in [9.17, 15) is 4.79 Å². The van der Waals surface area contributed by atoms with Crippen molar-refractivity contribution < 1.29 is 4.79 Å². The summed E-state index contributed by atoms with van der Waals surface area (Å²) in [6.07, 6.45) is 1.03. The Labute approximate surface area is 137 Å². The monoisotopic (exact) mass is 318 g/mol. The molecule has 1 saturated heterocycles. The van der Waals surface area contributed by atoms with E-state index in [0.717, 1.165) is 25.1 Å². The number of carbonyl (C=O) groups is 1. The first-order chi connectivity index (χ1) is 10.2. The van der Waals surface area contributed by atoms with Crippen molar-refractivity contribution in [3.8, 4) is 0 Å². The van der Waals surface area contributed by atoms with Crippen LogP contribution in [0.1, 0.15) is 24.8 Å². The van der Waals surface area contributed by atoms with Crippen molar-refractivity contribution in [2.75, 3.05) is 19.6 Å². The van der Waals surface area contributed by atoms with Crippen LogP contribution in [0.5, 0.6) is 0 Å². The van der Waals surface area contributed by atoms with Crippen molar-refractivity contribution in [1.82, 2.24) is 4.90 Å². The zero-order valence-corrected chi connectivity index (χ0v) is 13.7. The van der Waals surface area contributed by atoms with E-state index in [1.807, 2.05) is 24.0 Å². The summed E-state index contributed by atoms with van der Waals surface area (Å²) in [6.45, 7) is 4.34. The molecule has 0 spiro atoms. The highest BCUT2D eigenvalue weighted by Crippen LogP contribution is 2.25. The van der Waals surface area contributed by atoms with Crippen molar-refractivity contribution in [2.45, 2.75) is 19.3 Å². The molecule has 0 aliphatic carbocycles. The molecule has 22 heavy (non-hydrogen) atoms. The number of benzene rings is 2. The highest BCUT2D eigenvalue weighted by Gasteiger charge is 2.28. The van der Waals surface area contributed by atoms with Crippen LogP contribution in [-0.4, -0.2) is 30.4 Å². The number of carbonyl (C=O) groups excluding carboxylic acids is 1. The second-order valence-corrected chi connectivity index (χ2v) is 6.00. The lowest BCUT2D eigenvalue weighted by atomic mass is 9.96. The van der Waals surface area contributed by atoms with Gasteiger partial charge in [0.1, 0.15) is 0 Å². The van der Waals surface area contributed by atoms with E-state index in [-0.39, 0.29) is 24.2 Å². The summed E-state index contributed by atoms with van der Waals surface area (Å²) >= 11 is 0. The zero-order valence-electron chi connectivity index (χ0n) is 12.9. The van der Waals surface area contributed by atoms with Crippen LogP contribution in [0.15, 0.2) is 42.5 Å². The summed E-state index contributed by atoms with van der Waals surface area (Å²) in [7, 11) is 0. The maximum absolute atomic E-state index is 12.6. The number of halogens is 1. The Balaban J connectivity index is 0.00000176. The van der Waals surface area contributed by atoms with Crippen molar-refractivity contribution in [1.29, 1.82) is 0 Å². The first kappa shape index (κ1) is 16.8. The van der Waals surface area contributed by atoms with Crippen LogP contribution in [0.3, 0.4) is 0 Å². The molecule has 2 aromatic rings. The summed E-state index contributed by atoms with van der Waals surface area (Å²) < 4.78 is 0. The Kier molecular flexibility index (Phi) is 5.43. The Morgan fingerprint density at radius 3 is 2.68 bits per heavy atom. The van der Waals surface area contributed by atoms with Gasteiger partial charge < -0.3 is 10.6 Å². The fraction of sp³-hybridized carbons (Fsp3) is 0.389. The molecular weight excluding hydrogens is 296 g/mol. The Bertz CT molecular complexity index is 658. The molecule has 1 aliphatic heterocycles. The molecule has 2 N–H and O–H groups in total. The molecule has 1 aliphatic rings. The number of nitrogens with two attached hydrogens (primary N) is 1. The molecule has 0 saturated carbocycles. The average molecular weight is 319 g/mol. The van der Waals surface area contributed by atoms with Crippen molar-refractivity contribution in [3.05, 3.63) is 48.0 Å². The molecule has 3 nitrogen and oxygen atoms in total. The summed E-state index contributed by atoms with van der Waals surface area (Å²) in [5, 5.41) is 2.40. The minimum absolute atomic E-state index is 0. The second-order valence-electron chi connectivity index (χ2n) is 6.00. The van der Waals surface area contributed by atoms with E-state index in [0.29, 0.717) is 12.5 Å². The highest BCUT2D eigenvalue weighted by atomic mass is 35.5. The van der Waals surface area contributed by atoms with E-state index >= 15 is 0 Å². The number of hydrogen-bond donors (Lipinski definition) is 1. The first-order valence-electron chi connectivity index (χ1n) is 7.66. The van der Waals surface area contributed by atoms with Gasteiger partial charge in [0.2, 0.25) is 5.91 Å². The van der Waals surface area contributed by atoms with E-state index in [1.165, 1.54) is 10.8 Å². The van der Waals surface area contributed by atoms with Crippen LogP contribution < -0.4 is 5.73 Å². The number of hydrogen-bond acceptors (Lipinski definition) is 2. The van der Waals surface area contributed by atoms with Gasteiger partial charge in [-0.15, -0.1) is 12.4 Å². The highest BCUT2D eigenvalue weighted by molar-refractivity contribution is 5.87. The van der Waals surface area contributed by atoms with E-state index in [4.69, 9.17) is 5.73 Å². The maximum atomic E-state index is 12.6. The maximum Gasteiger partial charge on any atom is 0.229 e. The molecule has 1 heterocycles. The van der Waals surface area contributed by atoms with Gasteiger partial charge in [-0.3, -0.25) is 4.79 Å². The van der Waals surface area contributed by atoms with Crippen molar-refractivity contribution in [3.63, 3.8) is 0 Å². The molecule has 1 fully saturated rings. The quantitative estimate of drug-likeness (QED) is 0.944. The summed E-state index contributed by atoms with van der Waals surface area (Å²) in [4.78, 5) is 14.6. The Morgan fingerprint density at radius 2 is 2.00 bits per heavy atom. The topological polar surface area (TPSA) is 46.3 Å². The molecule has 118 valence electrons. The standard InChI is InChI=1S/C18H22N2O.ClH/c1-13(18(21)20-9-8-14(11-19)12-20)16-7-6-15-4-2-3-5-17(15)10-16;/h2-7,10,13-14H,8-9,11-12,19H2,1H3;1H. The smallest absolute Gasteiger partial charge is 0.229 e. The number of rotatable bonds is 3. The summed E-state index contributed by atoms with van der Waals surface area (Å²) in [5.41, 5.74) is 6.80. The van der Waals surface area contributed by atoms with Crippen molar-refractivity contribution in [2.24, 2.45) is 11.7 Å². The molecule has 2 atom stereocenters. The fourth-order valence-corrected chi connectivity index (χ4v) is 3.12. The van der Waals surface area contributed by atoms with Gasteiger partial charge in [-0.05, 0) is 42.1 Å². The third-order valence-corrected chi connectivity index (χ3v) is 4.57. The molecule has 2 aromatic carbocycles. The van der Waals surface area contributed by atoms with Crippen LogP contribution in [-0.2, 0) is 4.79 Å². The Hall–Kier alpha value is -1.58. The van der Waals surface area contributed by atoms with E-state index in [1.54, 1.807) is 0 Å². The number of nitrogens with zero attached hydrogens (tertiary/aromatic N) is 1. The van der Waals surface area contributed by atoms with Gasteiger partial charge in [-0.1, -0.05) is 42.5 Å². The molecule has 0 aromatic heterocycles. The molecule has 0 bridgehead atoms. The average Bonchev–Trinajstić information content (AvgIpc) is 3.02. The van der Waals surface area contributed by atoms with Gasteiger partial charge in [-0.2, -0.15) is 0 Å². The predicted molar refractivity (Wildman–Crippen MR) is 93.4 cm³/mol. The summed E-state index contributed by atoms with van der Waals surface area (Å²) in [6, 6.07) is 14.6. The number of amides is 1. The molecule has 2 unspecified atom stereocenters. The van der Waals surface area contributed by atoms with Crippen LogP contribution in [0.25, 0.3) is 10.8 Å². The minimum atomic E-state index is -0.0915. The van der Waals surface area contributed by atoms with Gasteiger partial charge in [0.15, 0.2) is 0 Å². The normalized spacial score (nSPS) is 19.0. The predicted octanol–water partition coefficient (Wildman–Crippen LogP) is 3.17. The lowest BCUT2D eigenvalue weighted by Crippen LogP contribution is -2.33. The van der Waals surface area contributed by atoms with Crippen LogP contribution >= 0.6 is 12.4 Å². The van der Waals surface area contributed by atoms with Crippen LogP contribution in [0, 0.1) is 5.92 Å². The lowest BCUT2D eigenvalue weighted by Gasteiger charge is -2.21. The third-order valence-electron chi connectivity index (χ3n) is 4.57. The minimum Gasteiger partial charge on any atom is -0.342 e.